The number of hydrogen-bond acceptors (Lipinski definition) is 1. The molecule has 0 unspecified atom stereocenters. The zero-order chi connectivity index (χ0) is 10.9. The number of unbranched alkanes of at least 4 members (excludes halogenated alkanes) is 1. The molecule has 15 heavy (non-hydrogen) atoms. The number of pyridine rings is 1. The Morgan fingerprint density at radius 2 is 2.27 bits per heavy atom. The van der Waals surface area contributed by atoms with Crippen molar-refractivity contribution in [3.63, 3.8) is 0 Å². The highest BCUT2D eigenvalue weighted by molar-refractivity contribution is 5.04. The second-order valence-electron chi connectivity index (χ2n) is 4.01. The molecule has 1 rings (SSSR count). The normalized spacial score (nSPS) is 11.7. The second kappa shape index (κ2) is 7.22. The van der Waals surface area contributed by atoms with Crippen LogP contribution in [0, 0.1) is 0 Å². The van der Waals surface area contributed by atoms with Crippen molar-refractivity contribution in [2.75, 3.05) is 0 Å². The summed E-state index contributed by atoms with van der Waals surface area (Å²) in [6, 6.07) is 6.12. The Labute approximate surface area is 93.2 Å². The zero-order valence-electron chi connectivity index (χ0n) is 9.87. The standard InChI is InChI=1S/C14H21N/c1-3-8-13(2)9-4-5-10-14-11-6-7-12-15-14/h6-7,9,11-12H,3-5,8,10H2,1-2H3. The smallest absolute Gasteiger partial charge is 0.0403 e. The molecule has 0 atom stereocenters. The number of rotatable bonds is 6. The van der Waals surface area contributed by atoms with Crippen LogP contribution in [0.4, 0.5) is 0 Å². The lowest BCUT2D eigenvalue weighted by Gasteiger charge is -1.99. The summed E-state index contributed by atoms with van der Waals surface area (Å²) in [4.78, 5) is 4.31. The highest BCUT2D eigenvalue weighted by Gasteiger charge is 1.92. The van der Waals surface area contributed by atoms with Crippen LogP contribution in [0.3, 0.4) is 0 Å². The van der Waals surface area contributed by atoms with Crippen LogP contribution in [0.15, 0.2) is 36.0 Å². The molecule has 82 valence electrons. The summed E-state index contributed by atoms with van der Waals surface area (Å²) >= 11 is 0. The molecule has 0 aliphatic heterocycles. The summed E-state index contributed by atoms with van der Waals surface area (Å²) in [7, 11) is 0. The van der Waals surface area contributed by atoms with Crippen molar-refractivity contribution in [3.05, 3.63) is 41.7 Å². The van der Waals surface area contributed by atoms with E-state index in [1.165, 1.54) is 37.0 Å². The Hall–Kier alpha value is -1.11. The number of nitrogens with zero attached hydrogens (tertiary/aromatic N) is 1. The van der Waals surface area contributed by atoms with Gasteiger partial charge in [0.25, 0.3) is 0 Å². The molecule has 0 amide bonds. The molecule has 0 spiro atoms. The fourth-order valence-electron chi connectivity index (χ4n) is 1.67. The van der Waals surface area contributed by atoms with Gasteiger partial charge in [-0.3, -0.25) is 4.98 Å². The number of aryl methyl sites for hydroxylation is 1. The van der Waals surface area contributed by atoms with E-state index in [2.05, 4.69) is 37.0 Å². The van der Waals surface area contributed by atoms with E-state index < -0.39 is 0 Å². The lowest BCUT2D eigenvalue weighted by Crippen LogP contribution is -1.88. The van der Waals surface area contributed by atoms with Crippen molar-refractivity contribution in [1.82, 2.24) is 4.98 Å². The molecule has 1 heterocycles. The third-order valence-corrected chi connectivity index (χ3v) is 2.50. The molecule has 0 aliphatic rings. The largest absolute Gasteiger partial charge is 0.261 e. The van der Waals surface area contributed by atoms with E-state index in [1.54, 1.807) is 0 Å². The minimum absolute atomic E-state index is 1.09. The maximum absolute atomic E-state index is 4.31. The Kier molecular flexibility index (Phi) is 5.76. The predicted octanol–water partition coefficient (Wildman–Crippen LogP) is 4.15. The summed E-state index contributed by atoms with van der Waals surface area (Å²) in [5, 5.41) is 0. The SMILES string of the molecule is CCCC(C)=CCCCc1ccccn1. The van der Waals surface area contributed by atoms with Crippen molar-refractivity contribution < 1.29 is 0 Å². The van der Waals surface area contributed by atoms with Crippen molar-refractivity contribution in [2.45, 2.75) is 46.0 Å². The molecule has 0 aromatic carbocycles. The molecule has 0 saturated carbocycles. The van der Waals surface area contributed by atoms with E-state index >= 15 is 0 Å². The number of allylic oxidation sites excluding steroid dienone is 2. The Balaban J connectivity index is 2.20. The Morgan fingerprint density at radius 3 is 2.93 bits per heavy atom. The topological polar surface area (TPSA) is 12.9 Å². The van der Waals surface area contributed by atoms with Gasteiger partial charge in [-0.25, -0.2) is 0 Å². The molecule has 0 saturated heterocycles. The van der Waals surface area contributed by atoms with Crippen molar-refractivity contribution in [1.29, 1.82) is 0 Å². The Bertz CT molecular complexity index is 287. The van der Waals surface area contributed by atoms with Crippen LogP contribution in [-0.4, -0.2) is 4.98 Å². The molecule has 0 radical (unpaired) electrons. The molecule has 0 bridgehead atoms. The van der Waals surface area contributed by atoms with Gasteiger partial charge >= 0.3 is 0 Å². The fourth-order valence-corrected chi connectivity index (χ4v) is 1.67. The maximum Gasteiger partial charge on any atom is 0.0403 e. The summed E-state index contributed by atoms with van der Waals surface area (Å²) in [5.41, 5.74) is 2.73. The molecule has 1 aromatic rings. The monoisotopic (exact) mass is 203 g/mol. The van der Waals surface area contributed by atoms with Gasteiger partial charge < -0.3 is 0 Å². The third-order valence-electron chi connectivity index (χ3n) is 2.50. The van der Waals surface area contributed by atoms with Crippen LogP contribution in [0.1, 0.15) is 45.2 Å². The molecular formula is C14H21N. The van der Waals surface area contributed by atoms with Gasteiger partial charge in [-0.15, -0.1) is 0 Å². The third kappa shape index (κ3) is 5.36. The van der Waals surface area contributed by atoms with Crippen LogP contribution in [-0.2, 0) is 6.42 Å². The first kappa shape index (κ1) is 12.0. The quantitative estimate of drug-likeness (QED) is 0.500. The first-order chi connectivity index (χ1) is 7.33. The zero-order valence-corrected chi connectivity index (χ0v) is 9.87. The molecule has 0 fully saturated rings. The van der Waals surface area contributed by atoms with Gasteiger partial charge in [0.15, 0.2) is 0 Å². The van der Waals surface area contributed by atoms with Crippen LogP contribution in [0.25, 0.3) is 0 Å². The lowest BCUT2D eigenvalue weighted by molar-refractivity contribution is 0.804. The second-order valence-corrected chi connectivity index (χ2v) is 4.01. The predicted molar refractivity (Wildman–Crippen MR) is 65.8 cm³/mol. The van der Waals surface area contributed by atoms with Crippen LogP contribution >= 0.6 is 0 Å². The summed E-state index contributed by atoms with van der Waals surface area (Å²) < 4.78 is 0. The molecule has 1 heteroatoms. The fraction of sp³-hybridized carbons (Fsp3) is 0.500. The van der Waals surface area contributed by atoms with Crippen molar-refractivity contribution in [2.24, 2.45) is 0 Å². The van der Waals surface area contributed by atoms with Crippen LogP contribution < -0.4 is 0 Å². The van der Waals surface area contributed by atoms with Gasteiger partial charge in [-0.2, -0.15) is 0 Å². The molecule has 0 aliphatic carbocycles. The minimum atomic E-state index is 1.09. The average molecular weight is 203 g/mol. The van der Waals surface area contributed by atoms with E-state index in [4.69, 9.17) is 0 Å². The van der Waals surface area contributed by atoms with E-state index in [9.17, 15) is 0 Å². The maximum atomic E-state index is 4.31. The minimum Gasteiger partial charge on any atom is -0.261 e. The van der Waals surface area contributed by atoms with Crippen LogP contribution in [0.5, 0.6) is 0 Å². The van der Waals surface area contributed by atoms with Gasteiger partial charge in [0.1, 0.15) is 0 Å². The average Bonchev–Trinajstić information content (AvgIpc) is 2.26. The highest BCUT2D eigenvalue weighted by Crippen LogP contribution is 2.07. The summed E-state index contributed by atoms with van der Waals surface area (Å²) in [6.45, 7) is 4.45. The van der Waals surface area contributed by atoms with Gasteiger partial charge in [0.2, 0.25) is 0 Å². The number of aromatic nitrogens is 1. The van der Waals surface area contributed by atoms with Crippen LogP contribution in [0.2, 0.25) is 0 Å². The summed E-state index contributed by atoms with van der Waals surface area (Å²) in [6.07, 6.45) is 10.2. The van der Waals surface area contributed by atoms with Crippen molar-refractivity contribution >= 4 is 0 Å². The lowest BCUT2D eigenvalue weighted by atomic mass is 10.1. The highest BCUT2D eigenvalue weighted by atomic mass is 14.7. The van der Waals surface area contributed by atoms with Gasteiger partial charge in [0.05, 0.1) is 0 Å². The van der Waals surface area contributed by atoms with E-state index in [1.807, 2.05) is 12.3 Å². The van der Waals surface area contributed by atoms with Gasteiger partial charge in [0, 0.05) is 11.9 Å². The number of hydrogen-bond donors (Lipinski definition) is 0. The summed E-state index contributed by atoms with van der Waals surface area (Å²) in [5.74, 6) is 0. The van der Waals surface area contributed by atoms with E-state index in [0.717, 1.165) is 6.42 Å². The van der Waals surface area contributed by atoms with E-state index in [0.29, 0.717) is 0 Å². The van der Waals surface area contributed by atoms with Crippen molar-refractivity contribution in [3.8, 4) is 0 Å². The first-order valence-electron chi connectivity index (χ1n) is 5.88. The molecule has 0 N–H and O–H groups in total. The molecule has 1 nitrogen and oxygen atoms in total. The molecule has 1 aromatic heterocycles. The first-order valence-corrected chi connectivity index (χ1v) is 5.88. The van der Waals surface area contributed by atoms with Gasteiger partial charge in [-0.1, -0.05) is 31.1 Å². The van der Waals surface area contributed by atoms with Gasteiger partial charge in [-0.05, 0) is 44.7 Å². The Morgan fingerprint density at radius 1 is 1.40 bits per heavy atom. The van der Waals surface area contributed by atoms with E-state index in [-0.39, 0.29) is 0 Å². The molecular weight excluding hydrogens is 182 g/mol.